The van der Waals surface area contributed by atoms with E-state index in [1.54, 1.807) is 17.3 Å². The van der Waals surface area contributed by atoms with Gasteiger partial charge in [-0.15, -0.1) is 0 Å². The third-order valence-electron chi connectivity index (χ3n) is 2.72. The van der Waals surface area contributed by atoms with Gasteiger partial charge in [0.05, 0.1) is 6.04 Å². The fourth-order valence-electron chi connectivity index (χ4n) is 1.75. The molecule has 0 spiro atoms. The number of rotatable bonds is 2. The maximum atomic E-state index is 11.6. The third-order valence-corrected chi connectivity index (χ3v) is 2.72. The SMILES string of the molecule is CC(c1cccnc1)N1CCC(=O)NC1=O. The van der Waals surface area contributed by atoms with Crippen molar-refractivity contribution in [3.63, 3.8) is 0 Å². The van der Waals surface area contributed by atoms with Crippen molar-refractivity contribution in [3.05, 3.63) is 30.1 Å². The van der Waals surface area contributed by atoms with Gasteiger partial charge in [-0.05, 0) is 18.6 Å². The molecule has 0 aliphatic carbocycles. The van der Waals surface area contributed by atoms with E-state index in [1.165, 1.54) is 0 Å². The number of aromatic nitrogens is 1. The highest BCUT2D eigenvalue weighted by Crippen LogP contribution is 2.20. The van der Waals surface area contributed by atoms with E-state index in [9.17, 15) is 9.59 Å². The van der Waals surface area contributed by atoms with Gasteiger partial charge in [-0.25, -0.2) is 4.79 Å². The van der Waals surface area contributed by atoms with E-state index in [0.717, 1.165) is 5.56 Å². The number of hydrogen-bond acceptors (Lipinski definition) is 3. The number of nitrogens with zero attached hydrogens (tertiary/aromatic N) is 2. The Morgan fingerprint density at radius 2 is 2.31 bits per heavy atom. The Balaban J connectivity index is 2.13. The molecular weight excluding hydrogens is 206 g/mol. The summed E-state index contributed by atoms with van der Waals surface area (Å²) in [5, 5.41) is 2.31. The number of carbonyl (C=O) groups excluding carboxylic acids is 2. The van der Waals surface area contributed by atoms with Crippen molar-refractivity contribution < 1.29 is 9.59 Å². The van der Waals surface area contributed by atoms with Crippen molar-refractivity contribution in [1.29, 1.82) is 0 Å². The van der Waals surface area contributed by atoms with Gasteiger partial charge in [-0.2, -0.15) is 0 Å². The van der Waals surface area contributed by atoms with Gasteiger partial charge in [0.25, 0.3) is 0 Å². The molecule has 16 heavy (non-hydrogen) atoms. The first-order valence-electron chi connectivity index (χ1n) is 5.19. The van der Waals surface area contributed by atoms with Crippen molar-refractivity contribution in [2.45, 2.75) is 19.4 Å². The fraction of sp³-hybridized carbons (Fsp3) is 0.364. The molecule has 1 fully saturated rings. The molecular formula is C11H13N3O2. The van der Waals surface area contributed by atoms with Crippen molar-refractivity contribution in [2.24, 2.45) is 0 Å². The van der Waals surface area contributed by atoms with Crippen LogP contribution in [0.5, 0.6) is 0 Å². The number of imide groups is 1. The molecule has 0 aromatic carbocycles. The molecule has 1 N–H and O–H groups in total. The molecule has 1 saturated heterocycles. The summed E-state index contributed by atoms with van der Waals surface area (Å²) in [7, 11) is 0. The zero-order valence-corrected chi connectivity index (χ0v) is 9.01. The highest BCUT2D eigenvalue weighted by Gasteiger charge is 2.27. The van der Waals surface area contributed by atoms with Gasteiger partial charge >= 0.3 is 6.03 Å². The largest absolute Gasteiger partial charge is 0.324 e. The standard InChI is InChI=1S/C11H13N3O2/c1-8(9-3-2-5-12-7-9)14-6-4-10(15)13-11(14)16/h2-3,5,7-8H,4,6H2,1H3,(H,13,15,16). The Morgan fingerprint density at radius 1 is 1.50 bits per heavy atom. The maximum Gasteiger partial charge on any atom is 0.324 e. The fourth-order valence-corrected chi connectivity index (χ4v) is 1.75. The summed E-state index contributed by atoms with van der Waals surface area (Å²) >= 11 is 0. The normalized spacial score (nSPS) is 18.2. The minimum Gasteiger partial charge on any atom is -0.317 e. The smallest absolute Gasteiger partial charge is 0.317 e. The van der Waals surface area contributed by atoms with Crippen LogP contribution in [0.1, 0.15) is 24.9 Å². The van der Waals surface area contributed by atoms with Gasteiger partial charge in [-0.1, -0.05) is 6.07 Å². The molecule has 0 radical (unpaired) electrons. The topological polar surface area (TPSA) is 62.3 Å². The summed E-state index contributed by atoms with van der Waals surface area (Å²) < 4.78 is 0. The van der Waals surface area contributed by atoms with Crippen LogP contribution >= 0.6 is 0 Å². The van der Waals surface area contributed by atoms with E-state index in [1.807, 2.05) is 19.1 Å². The molecule has 1 aromatic rings. The number of pyridine rings is 1. The van der Waals surface area contributed by atoms with Crippen LogP contribution in [0.15, 0.2) is 24.5 Å². The van der Waals surface area contributed by atoms with Gasteiger partial charge in [0.15, 0.2) is 0 Å². The van der Waals surface area contributed by atoms with E-state index in [2.05, 4.69) is 10.3 Å². The van der Waals surface area contributed by atoms with Gasteiger partial charge in [0.2, 0.25) is 5.91 Å². The zero-order valence-electron chi connectivity index (χ0n) is 9.01. The zero-order chi connectivity index (χ0) is 11.5. The third kappa shape index (κ3) is 2.03. The minimum absolute atomic E-state index is 0.0678. The van der Waals surface area contributed by atoms with E-state index in [0.29, 0.717) is 13.0 Å². The number of amides is 3. The lowest BCUT2D eigenvalue weighted by Gasteiger charge is -2.32. The average molecular weight is 219 g/mol. The predicted molar refractivity (Wildman–Crippen MR) is 57.5 cm³/mol. The van der Waals surface area contributed by atoms with Gasteiger partial charge in [0, 0.05) is 25.4 Å². The Bertz CT molecular complexity index is 405. The van der Waals surface area contributed by atoms with Crippen molar-refractivity contribution >= 4 is 11.9 Å². The lowest BCUT2D eigenvalue weighted by molar-refractivity contribution is -0.121. The Kier molecular flexibility index (Phi) is 2.85. The number of hydrogen-bond donors (Lipinski definition) is 1. The highest BCUT2D eigenvalue weighted by molar-refractivity contribution is 5.96. The summed E-state index contributed by atoms with van der Waals surface area (Å²) in [5.41, 5.74) is 0.965. The number of carbonyl (C=O) groups is 2. The molecule has 5 nitrogen and oxygen atoms in total. The van der Waals surface area contributed by atoms with E-state index < -0.39 is 0 Å². The molecule has 3 amide bonds. The Morgan fingerprint density at radius 3 is 2.94 bits per heavy atom. The summed E-state index contributed by atoms with van der Waals surface area (Å²) in [4.78, 5) is 28.3. The first-order valence-corrected chi connectivity index (χ1v) is 5.19. The van der Waals surface area contributed by atoms with Crippen molar-refractivity contribution in [2.75, 3.05) is 6.54 Å². The second-order valence-electron chi connectivity index (χ2n) is 3.76. The summed E-state index contributed by atoms with van der Waals surface area (Å²) in [6, 6.07) is 3.36. The van der Waals surface area contributed by atoms with Crippen LogP contribution in [-0.2, 0) is 4.79 Å². The maximum absolute atomic E-state index is 11.6. The molecule has 5 heteroatoms. The molecule has 2 rings (SSSR count). The molecule has 1 aromatic heterocycles. The molecule has 1 atom stereocenters. The van der Waals surface area contributed by atoms with Crippen LogP contribution in [0.2, 0.25) is 0 Å². The summed E-state index contributed by atoms with van der Waals surface area (Å²) in [6.45, 7) is 2.38. The summed E-state index contributed by atoms with van der Waals surface area (Å²) in [6.07, 6.45) is 3.78. The first-order chi connectivity index (χ1) is 7.68. The van der Waals surface area contributed by atoms with Gasteiger partial charge < -0.3 is 4.90 Å². The van der Waals surface area contributed by atoms with Gasteiger partial charge in [-0.3, -0.25) is 15.1 Å². The van der Waals surface area contributed by atoms with E-state index in [-0.39, 0.29) is 18.0 Å². The van der Waals surface area contributed by atoms with Crippen molar-refractivity contribution in [1.82, 2.24) is 15.2 Å². The van der Waals surface area contributed by atoms with E-state index >= 15 is 0 Å². The predicted octanol–water partition coefficient (Wildman–Crippen LogP) is 1.08. The second kappa shape index (κ2) is 4.30. The molecule has 1 aliphatic rings. The number of urea groups is 1. The van der Waals surface area contributed by atoms with Gasteiger partial charge in [0.1, 0.15) is 0 Å². The minimum atomic E-state index is -0.326. The van der Waals surface area contributed by atoms with Crippen molar-refractivity contribution in [3.8, 4) is 0 Å². The van der Waals surface area contributed by atoms with Crippen LogP contribution in [0.3, 0.4) is 0 Å². The van der Waals surface area contributed by atoms with Crippen LogP contribution < -0.4 is 5.32 Å². The Hall–Kier alpha value is -1.91. The summed E-state index contributed by atoms with van der Waals surface area (Å²) in [5.74, 6) is -0.209. The number of nitrogens with one attached hydrogen (secondary N) is 1. The monoisotopic (exact) mass is 219 g/mol. The average Bonchev–Trinajstić information content (AvgIpc) is 2.29. The molecule has 1 aliphatic heterocycles. The molecule has 0 saturated carbocycles. The highest BCUT2D eigenvalue weighted by atomic mass is 16.2. The second-order valence-corrected chi connectivity index (χ2v) is 3.76. The van der Waals surface area contributed by atoms with Crippen LogP contribution in [0.25, 0.3) is 0 Å². The van der Waals surface area contributed by atoms with E-state index in [4.69, 9.17) is 0 Å². The molecule has 2 heterocycles. The Labute approximate surface area is 93.5 Å². The lowest BCUT2D eigenvalue weighted by Crippen LogP contribution is -2.50. The molecule has 84 valence electrons. The molecule has 1 unspecified atom stereocenters. The first kappa shape index (κ1) is 10.6. The van der Waals surface area contributed by atoms with Crippen LogP contribution in [-0.4, -0.2) is 28.4 Å². The molecule has 0 bridgehead atoms. The van der Waals surface area contributed by atoms with Crippen LogP contribution in [0.4, 0.5) is 4.79 Å². The van der Waals surface area contributed by atoms with Crippen LogP contribution in [0, 0.1) is 0 Å². The lowest BCUT2D eigenvalue weighted by atomic mass is 10.1. The quantitative estimate of drug-likeness (QED) is 0.809.